The summed E-state index contributed by atoms with van der Waals surface area (Å²) in [5, 5.41) is 7.09. The van der Waals surface area contributed by atoms with Crippen molar-refractivity contribution in [2.75, 3.05) is 19.5 Å². The van der Waals surface area contributed by atoms with Crippen LogP contribution in [0.15, 0.2) is 60.8 Å². The minimum Gasteiger partial charge on any atom is -0.493 e. The molecule has 0 aliphatic heterocycles. The molecule has 0 aliphatic rings. The number of anilines is 1. The summed E-state index contributed by atoms with van der Waals surface area (Å²) in [5.74, 6) is 0.401. The maximum absolute atomic E-state index is 13.0. The van der Waals surface area contributed by atoms with Gasteiger partial charge in [-0.3, -0.25) is 4.79 Å². The number of amides is 1. The molecule has 0 bridgehead atoms. The van der Waals surface area contributed by atoms with E-state index in [1.807, 2.05) is 12.1 Å². The third-order valence-corrected chi connectivity index (χ3v) is 4.37. The van der Waals surface area contributed by atoms with Crippen molar-refractivity contribution in [3.8, 4) is 22.8 Å². The summed E-state index contributed by atoms with van der Waals surface area (Å²) in [4.78, 5) is 16.8. The van der Waals surface area contributed by atoms with Gasteiger partial charge in [-0.15, -0.1) is 0 Å². The van der Waals surface area contributed by atoms with Gasteiger partial charge in [0.1, 0.15) is 5.82 Å². The maximum Gasteiger partial charge on any atom is 0.276 e. The van der Waals surface area contributed by atoms with E-state index in [9.17, 15) is 9.18 Å². The second-order valence-electron chi connectivity index (χ2n) is 6.16. The number of aromatic nitrogens is 3. The summed E-state index contributed by atoms with van der Waals surface area (Å²) >= 11 is 0. The molecule has 0 aliphatic carbocycles. The third kappa shape index (κ3) is 3.60. The van der Waals surface area contributed by atoms with Crippen molar-refractivity contribution in [2.45, 2.75) is 0 Å². The van der Waals surface area contributed by atoms with E-state index in [1.165, 1.54) is 24.3 Å². The second-order valence-corrected chi connectivity index (χ2v) is 6.16. The molecule has 0 spiro atoms. The Kier molecular flexibility index (Phi) is 4.82. The van der Waals surface area contributed by atoms with Crippen molar-refractivity contribution in [2.24, 2.45) is 0 Å². The van der Waals surface area contributed by atoms with E-state index < -0.39 is 5.91 Å². The normalized spacial score (nSPS) is 10.7. The summed E-state index contributed by atoms with van der Waals surface area (Å²) in [6.45, 7) is 0. The summed E-state index contributed by atoms with van der Waals surface area (Å²) in [6, 6.07) is 14.4. The lowest BCUT2D eigenvalue weighted by atomic mass is 10.1. The molecule has 2 aromatic heterocycles. The van der Waals surface area contributed by atoms with Gasteiger partial charge >= 0.3 is 0 Å². The fourth-order valence-corrected chi connectivity index (χ4v) is 2.95. The number of ether oxygens (including phenoxy) is 2. The fraction of sp³-hybridized carbons (Fsp3) is 0.0952. The largest absolute Gasteiger partial charge is 0.493 e. The number of nitrogens with one attached hydrogen (secondary N) is 1. The van der Waals surface area contributed by atoms with Crippen LogP contribution in [-0.2, 0) is 0 Å². The van der Waals surface area contributed by atoms with E-state index >= 15 is 0 Å². The fourth-order valence-electron chi connectivity index (χ4n) is 2.95. The molecular weight excluding hydrogens is 375 g/mol. The molecule has 0 saturated heterocycles. The van der Waals surface area contributed by atoms with Crippen molar-refractivity contribution in [3.05, 3.63) is 72.3 Å². The first-order valence-corrected chi connectivity index (χ1v) is 8.73. The van der Waals surface area contributed by atoms with Gasteiger partial charge in [-0.05, 0) is 48.5 Å². The van der Waals surface area contributed by atoms with Crippen LogP contribution in [0.4, 0.5) is 10.1 Å². The highest BCUT2D eigenvalue weighted by atomic mass is 19.1. The van der Waals surface area contributed by atoms with Crippen LogP contribution in [0, 0.1) is 5.82 Å². The van der Waals surface area contributed by atoms with Crippen molar-refractivity contribution >= 4 is 17.2 Å². The Hall–Kier alpha value is -3.94. The molecular formula is C21H17FN4O3. The van der Waals surface area contributed by atoms with Gasteiger partial charge in [0.25, 0.3) is 5.91 Å². The Morgan fingerprint density at radius 3 is 2.48 bits per heavy atom. The molecule has 0 atom stereocenters. The summed E-state index contributed by atoms with van der Waals surface area (Å²) in [6.07, 6.45) is 1.64. The van der Waals surface area contributed by atoms with Crippen LogP contribution in [0.5, 0.6) is 11.5 Å². The molecule has 4 aromatic rings. The van der Waals surface area contributed by atoms with Crippen LogP contribution < -0.4 is 14.8 Å². The molecule has 2 heterocycles. The monoisotopic (exact) mass is 392 g/mol. The predicted molar refractivity (Wildman–Crippen MR) is 106 cm³/mol. The molecule has 0 fully saturated rings. The maximum atomic E-state index is 13.0. The Morgan fingerprint density at radius 2 is 1.76 bits per heavy atom. The van der Waals surface area contributed by atoms with Crippen LogP contribution >= 0.6 is 0 Å². The lowest BCUT2D eigenvalue weighted by molar-refractivity contribution is 0.102. The molecule has 29 heavy (non-hydrogen) atoms. The highest BCUT2D eigenvalue weighted by Gasteiger charge is 2.15. The Labute approximate surface area is 165 Å². The van der Waals surface area contributed by atoms with Gasteiger partial charge in [-0.2, -0.15) is 5.10 Å². The van der Waals surface area contributed by atoms with Crippen molar-refractivity contribution in [3.63, 3.8) is 0 Å². The molecule has 4 rings (SSSR count). The molecule has 0 saturated carbocycles. The quantitative estimate of drug-likeness (QED) is 0.559. The van der Waals surface area contributed by atoms with Crippen LogP contribution in [-0.4, -0.2) is 34.7 Å². The number of fused-ring (bicyclic) bond motifs is 1. The number of hydrogen-bond donors (Lipinski definition) is 1. The summed E-state index contributed by atoms with van der Waals surface area (Å²) in [7, 11) is 3.14. The Morgan fingerprint density at radius 1 is 1.00 bits per heavy atom. The first-order valence-electron chi connectivity index (χ1n) is 8.73. The number of hydrogen-bond acceptors (Lipinski definition) is 5. The third-order valence-electron chi connectivity index (χ3n) is 4.37. The zero-order chi connectivity index (χ0) is 20.4. The number of halogens is 1. The Balaban J connectivity index is 1.70. The lowest BCUT2D eigenvalue weighted by Gasteiger charge is -2.10. The minimum absolute atomic E-state index is 0.190. The SMILES string of the molecule is COc1ccc(-c2ccnc3cc(C(=O)Nc4ccc(F)cc4)nn23)cc1OC. The number of benzene rings is 2. The molecule has 1 amide bonds. The summed E-state index contributed by atoms with van der Waals surface area (Å²) in [5.41, 5.74) is 2.73. The molecule has 146 valence electrons. The smallest absolute Gasteiger partial charge is 0.276 e. The average Bonchev–Trinajstić information content (AvgIpc) is 3.19. The molecule has 2 aromatic carbocycles. The number of nitrogens with zero attached hydrogens (tertiary/aromatic N) is 3. The van der Waals surface area contributed by atoms with Crippen molar-refractivity contribution < 1.29 is 18.7 Å². The van der Waals surface area contributed by atoms with E-state index in [4.69, 9.17) is 9.47 Å². The van der Waals surface area contributed by atoms with Crippen molar-refractivity contribution in [1.29, 1.82) is 0 Å². The molecule has 0 radical (unpaired) electrons. The number of carbonyl (C=O) groups is 1. The van der Waals surface area contributed by atoms with Gasteiger partial charge in [0.15, 0.2) is 22.8 Å². The summed E-state index contributed by atoms with van der Waals surface area (Å²) < 4.78 is 25.3. The minimum atomic E-state index is -0.416. The van der Waals surface area contributed by atoms with Gasteiger partial charge in [0, 0.05) is 23.5 Å². The molecule has 1 N–H and O–H groups in total. The van der Waals surface area contributed by atoms with E-state index in [0.29, 0.717) is 22.8 Å². The standard InChI is InChI=1S/C21H17FN4O3/c1-28-18-8-3-13(11-19(18)29-2)17-9-10-23-20-12-16(25-26(17)20)21(27)24-15-6-4-14(22)5-7-15/h3-12H,1-2H3,(H,24,27). The predicted octanol–water partition coefficient (Wildman–Crippen LogP) is 3.80. The first-order chi connectivity index (χ1) is 14.1. The highest BCUT2D eigenvalue weighted by molar-refractivity contribution is 6.03. The van der Waals surface area contributed by atoms with Gasteiger partial charge < -0.3 is 14.8 Å². The van der Waals surface area contributed by atoms with Gasteiger partial charge in [0.05, 0.1) is 19.9 Å². The van der Waals surface area contributed by atoms with E-state index in [2.05, 4.69) is 15.4 Å². The van der Waals surface area contributed by atoms with Crippen molar-refractivity contribution in [1.82, 2.24) is 14.6 Å². The van der Waals surface area contributed by atoms with Crippen LogP contribution in [0.3, 0.4) is 0 Å². The zero-order valence-corrected chi connectivity index (χ0v) is 15.7. The lowest BCUT2D eigenvalue weighted by Crippen LogP contribution is -2.12. The van der Waals surface area contributed by atoms with Gasteiger partial charge in [-0.25, -0.2) is 13.9 Å². The molecule has 8 heteroatoms. The van der Waals surface area contributed by atoms with E-state index in [0.717, 1.165) is 11.3 Å². The van der Waals surface area contributed by atoms with Crippen LogP contribution in [0.2, 0.25) is 0 Å². The van der Waals surface area contributed by atoms with E-state index in [-0.39, 0.29) is 11.5 Å². The second kappa shape index (κ2) is 7.59. The van der Waals surface area contributed by atoms with Crippen LogP contribution in [0.25, 0.3) is 16.9 Å². The van der Waals surface area contributed by atoms with Crippen LogP contribution in [0.1, 0.15) is 10.5 Å². The highest BCUT2D eigenvalue weighted by Crippen LogP contribution is 2.32. The van der Waals surface area contributed by atoms with Gasteiger partial charge in [-0.1, -0.05) is 0 Å². The number of carbonyl (C=O) groups excluding carboxylic acids is 1. The molecule has 0 unspecified atom stereocenters. The zero-order valence-electron chi connectivity index (χ0n) is 15.7. The van der Waals surface area contributed by atoms with E-state index in [1.54, 1.807) is 43.1 Å². The molecule has 7 nitrogen and oxygen atoms in total. The number of rotatable bonds is 5. The van der Waals surface area contributed by atoms with Gasteiger partial charge in [0.2, 0.25) is 0 Å². The first kappa shape index (κ1) is 18.4. The average molecular weight is 392 g/mol. The topological polar surface area (TPSA) is 77.8 Å². The Bertz CT molecular complexity index is 1190. The number of methoxy groups -OCH3 is 2.